The molecule has 0 radical (unpaired) electrons. The average molecular weight is 316 g/mol. The van der Waals surface area contributed by atoms with E-state index in [4.69, 9.17) is 4.74 Å². The standard InChI is InChI=1S/C17H21FN4O/c1-21(17-3-2-8-19-20-17)12-16-13-22(9-10-23-16)11-14-4-6-15(18)7-5-14/h2-8,16H,9-13H2,1H3/t16-/m1/s1. The third-order valence-electron chi connectivity index (χ3n) is 3.97. The molecule has 1 aromatic carbocycles. The fraction of sp³-hybridized carbons (Fsp3) is 0.412. The number of likely N-dealkylation sites (N-methyl/N-ethyl adjacent to an activating group) is 1. The van der Waals surface area contributed by atoms with E-state index in [1.165, 1.54) is 12.1 Å². The molecule has 2 aromatic rings. The highest BCUT2D eigenvalue weighted by molar-refractivity contribution is 5.35. The summed E-state index contributed by atoms with van der Waals surface area (Å²) in [7, 11) is 1.99. The number of hydrogen-bond acceptors (Lipinski definition) is 5. The highest BCUT2D eigenvalue weighted by atomic mass is 19.1. The Kier molecular flexibility index (Phi) is 5.15. The summed E-state index contributed by atoms with van der Waals surface area (Å²) in [5.41, 5.74) is 1.12. The molecule has 0 unspecified atom stereocenters. The molecule has 6 heteroatoms. The first-order valence-corrected chi connectivity index (χ1v) is 7.78. The Morgan fingerprint density at radius 3 is 2.87 bits per heavy atom. The van der Waals surface area contributed by atoms with Gasteiger partial charge in [-0.05, 0) is 29.8 Å². The predicted octanol–water partition coefficient (Wildman–Crippen LogP) is 1.95. The fourth-order valence-corrected chi connectivity index (χ4v) is 2.78. The monoisotopic (exact) mass is 316 g/mol. The maximum absolute atomic E-state index is 13.0. The van der Waals surface area contributed by atoms with Gasteiger partial charge in [-0.15, -0.1) is 5.10 Å². The lowest BCUT2D eigenvalue weighted by Gasteiger charge is -2.35. The van der Waals surface area contributed by atoms with Crippen molar-refractivity contribution in [2.75, 3.05) is 38.2 Å². The van der Waals surface area contributed by atoms with Gasteiger partial charge >= 0.3 is 0 Å². The Hall–Kier alpha value is -2.05. The SMILES string of the molecule is CN(C[C@@H]1CN(Cc2ccc(F)cc2)CCO1)c1cccnn1. The smallest absolute Gasteiger partial charge is 0.151 e. The molecule has 1 fully saturated rings. The van der Waals surface area contributed by atoms with E-state index in [2.05, 4.69) is 20.0 Å². The minimum absolute atomic E-state index is 0.121. The van der Waals surface area contributed by atoms with Crippen LogP contribution in [0.1, 0.15) is 5.56 Å². The van der Waals surface area contributed by atoms with E-state index in [1.54, 1.807) is 6.20 Å². The van der Waals surface area contributed by atoms with Crippen LogP contribution in [0.4, 0.5) is 10.2 Å². The molecule has 122 valence electrons. The van der Waals surface area contributed by atoms with E-state index in [0.717, 1.165) is 37.6 Å². The quantitative estimate of drug-likeness (QED) is 0.843. The van der Waals surface area contributed by atoms with Crippen LogP contribution in [0.25, 0.3) is 0 Å². The summed E-state index contributed by atoms with van der Waals surface area (Å²) in [6.07, 6.45) is 1.79. The third kappa shape index (κ3) is 4.46. The van der Waals surface area contributed by atoms with Gasteiger partial charge in [0.1, 0.15) is 5.82 Å². The van der Waals surface area contributed by atoms with Crippen LogP contribution in [0.15, 0.2) is 42.6 Å². The fourth-order valence-electron chi connectivity index (χ4n) is 2.78. The average Bonchev–Trinajstić information content (AvgIpc) is 2.58. The van der Waals surface area contributed by atoms with Gasteiger partial charge in [0.2, 0.25) is 0 Å². The first-order valence-electron chi connectivity index (χ1n) is 7.78. The molecule has 23 heavy (non-hydrogen) atoms. The highest BCUT2D eigenvalue weighted by Gasteiger charge is 2.22. The normalized spacial score (nSPS) is 18.8. The van der Waals surface area contributed by atoms with E-state index >= 15 is 0 Å². The van der Waals surface area contributed by atoms with Crippen LogP contribution in [0.5, 0.6) is 0 Å². The zero-order valence-electron chi connectivity index (χ0n) is 13.2. The van der Waals surface area contributed by atoms with Gasteiger partial charge in [-0.25, -0.2) is 4.39 Å². The van der Waals surface area contributed by atoms with E-state index in [-0.39, 0.29) is 11.9 Å². The number of benzene rings is 1. The van der Waals surface area contributed by atoms with Crippen LogP contribution in [-0.2, 0) is 11.3 Å². The van der Waals surface area contributed by atoms with Crippen LogP contribution in [0.2, 0.25) is 0 Å². The molecule has 0 saturated carbocycles. The van der Waals surface area contributed by atoms with Crippen LogP contribution in [-0.4, -0.2) is 54.5 Å². The molecule has 0 amide bonds. The highest BCUT2D eigenvalue weighted by Crippen LogP contribution is 2.14. The second kappa shape index (κ2) is 7.48. The number of anilines is 1. The number of aromatic nitrogens is 2. The summed E-state index contributed by atoms with van der Waals surface area (Å²) < 4.78 is 18.8. The van der Waals surface area contributed by atoms with Crippen molar-refractivity contribution >= 4 is 5.82 Å². The zero-order chi connectivity index (χ0) is 16.1. The number of morpholine rings is 1. The van der Waals surface area contributed by atoms with Crippen LogP contribution >= 0.6 is 0 Å². The second-order valence-corrected chi connectivity index (χ2v) is 5.82. The summed E-state index contributed by atoms with van der Waals surface area (Å²) in [6, 6.07) is 10.5. The largest absolute Gasteiger partial charge is 0.374 e. The first-order chi connectivity index (χ1) is 11.2. The van der Waals surface area contributed by atoms with Crippen LogP contribution in [0.3, 0.4) is 0 Å². The molecule has 1 atom stereocenters. The molecule has 0 N–H and O–H groups in total. The Labute approximate surface area is 135 Å². The van der Waals surface area contributed by atoms with Crippen molar-refractivity contribution in [2.24, 2.45) is 0 Å². The minimum Gasteiger partial charge on any atom is -0.374 e. The summed E-state index contributed by atoms with van der Waals surface area (Å²) in [5, 5.41) is 8.01. The van der Waals surface area contributed by atoms with Crippen molar-refractivity contribution in [3.63, 3.8) is 0 Å². The second-order valence-electron chi connectivity index (χ2n) is 5.82. The van der Waals surface area contributed by atoms with Gasteiger partial charge in [-0.1, -0.05) is 12.1 Å². The Balaban J connectivity index is 1.54. The van der Waals surface area contributed by atoms with Crippen LogP contribution in [0, 0.1) is 5.82 Å². The minimum atomic E-state index is -0.195. The van der Waals surface area contributed by atoms with Crippen molar-refractivity contribution in [3.05, 3.63) is 54.0 Å². The van der Waals surface area contributed by atoms with Gasteiger partial charge < -0.3 is 9.64 Å². The lowest BCUT2D eigenvalue weighted by atomic mass is 10.2. The van der Waals surface area contributed by atoms with Gasteiger partial charge in [0.15, 0.2) is 5.82 Å². The Morgan fingerprint density at radius 2 is 2.13 bits per heavy atom. The number of rotatable bonds is 5. The van der Waals surface area contributed by atoms with E-state index in [0.29, 0.717) is 6.61 Å². The van der Waals surface area contributed by atoms with E-state index < -0.39 is 0 Å². The number of halogens is 1. The summed E-state index contributed by atoms with van der Waals surface area (Å²) in [5.74, 6) is 0.644. The third-order valence-corrected chi connectivity index (χ3v) is 3.97. The summed E-state index contributed by atoms with van der Waals surface area (Å²) in [6.45, 7) is 4.03. The molecular weight excluding hydrogens is 295 g/mol. The first kappa shape index (κ1) is 15.8. The number of ether oxygens (including phenoxy) is 1. The number of nitrogens with zero attached hydrogens (tertiary/aromatic N) is 4. The van der Waals surface area contributed by atoms with Crippen molar-refractivity contribution in [3.8, 4) is 0 Å². The molecule has 0 aliphatic carbocycles. The molecule has 3 rings (SSSR count). The molecule has 0 bridgehead atoms. The number of hydrogen-bond donors (Lipinski definition) is 0. The molecule has 1 aliphatic heterocycles. The van der Waals surface area contributed by atoms with Gasteiger partial charge in [-0.2, -0.15) is 5.10 Å². The lowest BCUT2D eigenvalue weighted by molar-refractivity contribution is -0.0265. The molecule has 5 nitrogen and oxygen atoms in total. The van der Waals surface area contributed by atoms with E-state index in [1.807, 2.05) is 31.3 Å². The van der Waals surface area contributed by atoms with Crippen molar-refractivity contribution in [1.82, 2.24) is 15.1 Å². The predicted molar refractivity (Wildman–Crippen MR) is 86.7 cm³/mol. The van der Waals surface area contributed by atoms with Crippen LogP contribution < -0.4 is 4.90 Å². The molecular formula is C17H21FN4O. The summed E-state index contributed by atoms with van der Waals surface area (Å²) >= 11 is 0. The Morgan fingerprint density at radius 1 is 1.30 bits per heavy atom. The molecule has 2 heterocycles. The van der Waals surface area contributed by atoms with Gasteiger partial charge in [-0.3, -0.25) is 4.90 Å². The van der Waals surface area contributed by atoms with Crippen molar-refractivity contribution < 1.29 is 9.13 Å². The maximum atomic E-state index is 13.0. The zero-order valence-corrected chi connectivity index (χ0v) is 13.2. The van der Waals surface area contributed by atoms with Crippen molar-refractivity contribution in [1.29, 1.82) is 0 Å². The Bertz CT molecular complexity index is 608. The van der Waals surface area contributed by atoms with Crippen molar-refractivity contribution in [2.45, 2.75) is 12.6 Å². The topological polar surface area (TPSA) is 41.5 Å². The van der Waals surface area contributed by atoms with Gasteiger partial charge in [0.25, 0.3) is 0 Å². The summed E-state index contributed by atoms with van der Waals surface area (Å²) in [4.78, 5) is 4.39. The van der Waals surface area contributed by atoms with E-state index in [9.17, 15) is 4.39 Å². The lowest BCUT2D eigenvalue weighted by Crippen LogP contribution is -2.46. The maximum Gasteiger partial charge on any atom is 0.151 e. The molecule has 1 saturated heterocycles. The molecule has 0 spiro atoms. The van der Waals surface area contributed by atoms with Gasteiger partial charge in [0, 0.05) is 39.4 Å². The molecule has 1 aliphatic rings. The molecule has 1 aromatic heterocycles. The van der Waals surface area contributed by atoms with Gasteiger partial charge in [0.05, 0.1) is 12.7 Å².